The minimum atomic E-state index is -0.238. The number of carbonyl (C=O) groups excluding carboxylic acids is 1. The average Bonchev–Trinajstić information content (AvgIpc) is 2.54. The first-order chi connectivity index (χ1) is 10.9. The molecule has 23 heavy (non-hydrogen) atoms. The monoisotopic (exact) mass is 312 g/mol. The van der Waals surface area contributed by atoms with E-state index in [1.165, 1.54) is 5.56 Å². The minimum Gasteiger partial charge on any atom is -0.495 e. The average molecular weight is 312 g/mol. The maximum atomic E-state index is 12.2. The Hall–Kier alpha value is -2.49. The predicted molar refractivity (Wildman–Crippen MR) is 94.2 cm³/mol. The van der Waals surface area contributed by atoms with Gasteiger partial charge in [0.15, 0.2) is 0 Å². The van der Waals surface area contributed by atoms with Gasteiger partial charge >= 0.3 is 6.03 Å². The molecule has 0 aliphatic heterocycles. The second kappa shape index (κ2) is 7.18. The van der Waals surface area contributed by atoms with Crippen molar-refractivity contribution < 1.29 is 9.53 Å². The van der Waals surface area contributed by atoms with Crippen LogP contribution in [0.25, 0.3) is 0 Å². The Bertz CT molecular complexity index is 666. The van der Waals surface area contributed by atoms with E-state index in [1.54, 1.807) is 7.11 Å². The number of rotatable bonds is 5. The van der Waals surface area contributed by atoms with Gasteiger partial charge in [0.1, 0.15) is 5.75 Å². The van der Waals surface area contributed by atoms with E-state index in [0.29, 0.717) is 18.0 Å². The molecule has 0 fully saturated rings. The van der Waals surface area contributed by atoms with Crippen molar-refractivity contribution in [1.82, 2.24) is 5.32 Å². The summed E-state index contributed by atoms with van der Waals surface area (Å²) < 4.78 is 5.27. The van der Waals surface area contributed by atoms with Crippen LogP contribution in [0.15, 0.2) is 48.5 Å². The van der Waals surface area contributed by atoms with Crippen molar-refractivity contribution in [1.29, 1.82) is 0 Å². The van der Waals surface area contributed by atoms with Crippen LogP contribution in [0, 0.1) is 6.92 Å². The molecule has 2 amide bonds. The van der Waals surface area contributed by atoms with E-state index in [0.717, 1.165) is 5.56 Å². The summed E-state index contributed by atoms with van der Waals surface area (Å²) in [5.74, 6) is 0.646. The highest BCUT2D eigenvalue weighted by Crippen LogP contribution is 2.25. The van der Waals surface area contributed by atoms with Crippen molar-refractivity contribution in [2.45, 2.75) is 26.2 Å². The molecule has 0 aliphatic rings. The van der Waals surface area contributed by atoms with Crippen LogP contribution in [0.2, 0.25) is 0 Å². The fourth-order valence-electron chi connectivity index (χ4n) is 2.38. The van der Waals surface area contributed by atoms with Gasteiger partial charge in [0.05, 0.1) is 12.8 Å². The van der Waals surface area contributed by atoms with Gasteiger partial charge in [0.2, 0.25) is 0 Å². The maximum Gasteiger partial charge on any atom is 0.319 e. The number of amides is 2. The Morgan fingerprint density at radius 2 is 1.83 bits per heavy atom. The molecule has 0 radical (unpaired) electrons. The predicted octanol–water partition coefficient (Wildman–Crippen LogP) is 4.10. The highest BCUT2D eigenvalue weighted by Gasteiger charge is 2.21. The summed E-state index contributed by atoms with van der Waals surface area (Å²) in [7, 11) is 1.59. The number of nitrogens with one attached hydrogen (secondary N) is 2. The zero-order chi connectivity index (χ0) is 16.9. The van der Waals surface area contributed by atoms with Crippen LogP contribution >= 0.6 is 0 Å². The number of benzene rings is 2. The number of carbonyl (C=O) groups is 1. The molecule has 2 aromatic rings. The van der Waals surface area contributed by atoms with Crippen LogP contribution < -0.4 is 15.4 Å². The Morgan fingerprint density at radius 3 is 2.48 bits per heavy atom. The largest absolute Gasteiger partial charge is 0.495 e. The summed E-state index contributed by atoms with van der Waals surface area (Å²) >= 11 is 0. The Kier molecular flexibility index (Phi) is 5.27. The summed E-state index contributed by atoms with van der Waals surface area (Å²) in [5, 5.41) is 5.79. The molecule has 0 heterocycles. The molecule has 0 unspecified atom stereocenters. The molecule has 122 valence electrons. The SMILES string of the molecule is COc1ccc(C)cc1NC(=O)NCC(C)(C)c1ccccc1. The number of ether oxygens (including phenoxy) is 1. The molecule has 0 atom stereocenters. The van der Waals surface area contributed by atoms with Crippen molar-refractivity contribution in [2.75, 3.05) is 19.0 Å². The molecule has 0 aliphatic carbocycles. The van der Waals surface area contributed by atoms with E-state index < -0.39 is 0 Å². The topological polar surface area (TPSA) is 50.4 Å². The lowest BCUT2D eigenvalue weighted by atomic mass is 9.85. The van der Waals surface area contributed by atoms with E-state index in [2.05, 4.69) is 36.6 Å². The zero-order valence-electron chi connectivity index (χ0n) is 14.1. The van der Waals surface area contributed by atoms with E-state index in [4.69, 9.17) is 4.74 Å². The molecule has 2 rings (SSSR count). The smallest absolute Gasteiger partial charge is 0.319 e. The van der Waals surface area contributed by atoms with Crippen molar-refractivity contribution in [3.63, 3.8) is 0 Å². The first-order valence-electron chi connectivity index (χ1n) is 7.67. The molecule has 0 saturated heterocycles. The quantitative estimate of drug-likeness (QED) is 0.873. The van der Waals surface area contributed by atoms with Gasteiger partial charge in [0.25, 0.3) is 0 Å². The first-order valence-corrected chi connectivity index (χ1v) is 7.67. The second-order valence-corrected chi connectivity index (χ2v) is 6.26. The highest BCUT2D eigenvalue weighted by molar-refractivity contribution is 5.91. The minimum absolute atomic E-state index is 0.144. The van der Waals surface area contributed by atoms with Gasteiger partial charge in [-0.15, -0.1) is 0 Å². The lowest BCUT2D eigenvalue weighted by molar-refractivity contribution is 0.249. The van der Waals surface area contributed by atoms with Gasteiger partial charge in [-0.2, -0.15) is 0 Å². The lowest BCUT2D eigenvalue weighted by Gasteiger charge is -2.25. The number of urea groups is 1. The Balaban J connectivity index is 1.99. The van der Waals surface area contributed by atoms with Gasteiger partial charge in [-0.3, -0.25) is 0 Å². The standard InChI is InChI=1S/C19H24N2O2/c1-14-10-11-17(23-4)16(12-14)21-18(22)20-13-19(2,3)15-8-6-5-7-9-15/h5-12H,13H2,1-4H3,(H2,20,21,22). The first kappa shape index (κ1) is 16.9. The molecule has 0 saturated carbocycles. The Labute approximate surface area is 137 Å². The number of aryl methyl sites for hydroxylation is 1. The molecule has 0 spiro atoms. The van der Waals surface area contributed by atoms with Crippen LogP contribution in [0.1, 0.15) is 25.0 Å². The van der Waals surface area contributed by atoms with Crippen LogP contribution in [0.5, 0.6) is 5.75 Å². The normalized spacial score (nSPS) is 11.0. The van der Waals surface area contributed by atoms with Crippen LogP contribution in [-0.2, 0) is 5.41 Å². The summed E-state index contributed by atoms with van der Waals surface area (Å²) in [4.78, 5) is 12.2. The molecular weight excluding hydrogens is 288 g/mol. The van der Waals surface area contributed by atoms with E-state index in [1.807, 2.05) is 43.3 Å². The molecule has 4 nitrogen and oxygen atoms in total. The number of hydrogen-bond acceptors (Lipinski definition) is 2. The molecule has 0 aromatic heterocycles. The Morgan fingerprint density at radius 1 is 1.13 bits per heavy atom. The third kappa shape index (κ3) is 4.49. The third-order valence-corrected chi connectivity index (χ3v) is 3.85. The molecule has 4 heteroatoms. The van der Waals surface area contributed by atoms with Gasteiger partial charge in [0, 0.05) is 12.0 Å². The van der Waals surface area contributed by atoms with Gasteiger partial charge in [-0.05, 0) is 30.2 Å². The lowest BCUT2D eigenvalue weighted by Crippen LogP contribution is -2.39. The van der Waals surface area contributed by atoms with Crippen molar-refractivity contribution >= 4 is 11.7 Å². The van der Waals surface area contributed by atoms with Crippen molar-refractivity contribution in [3.05, 3.63) is 59.7 Å². The highest BCUT2D eigenvalue weighted by atomic mass is 16.5. The number of methoxy groups -OCH3 is 1. The zero-order valence-corrected chi connectivity index (χ0v) is 14.1. The summed E-state index contributed by atoms with van der Waals surface area (Å²) in [6, 6.07) is 15.6. The second-order valence-electron chi connectivity index (χ2n) is 6.26. The summed E-state index contributed by atoms with van der Waals surface area (Å²) in [5.41, 5.74) is 2.77. The van der Waals surface area contributed by atoms with E-state index in [-0.39, 0.29) is 11.4 Å². The van der Waals surface area contributed by atoms with Crippen LogP contribution in [0.4, 0.5) is 10.5 Å². The van der Waals surface area contributed by atoms with Crippen molar-refractivity contribution in [3.8, 4) is 5.75 Å². The summed E-state index contributed by atoms with van der Waals surface area (Å²) in [6.45, 7) is 6.73. The fourth-order valence-corrected chi connectivity index (χ4v) is 2.38. The van der Waals surface area contributed by atoms with Crippen molar-refractivity contribution in [2.24, 2.45) is 0 Å². The molecule has 2 N–H and O–H groups in total. The van der Waals surface area contributed by atoms with Crippen LogP contribution in [0.3, 0.4) is 0 Å². The number of anilines is 1. The number of hydrogen-bond donors (Lipinski definition) is 2. The van der Waals surface area contributed by atoms with Gasteiger partial charge in [-0.25, -0.2) is 4.79 Å². The summed E-state index contributed by atoms with van der Waals surface area (Å²) in [6.07, 6.45) is 0. The van der Waals surface area contributed by atoms with Gasteiger partial charge in [-0.1, -0.05) is 50.2 Å². The van der Waals surface area contributed by atoms with E-state index >= 15 is 0 Å². The van der Waals surface area contributed by atoms with Crippen LogP contribution in [-0.4, -0.2) is 19.7 Å². The van der Waals surface area contributed by atoms with Gasteiger partial charge < -0.3 is 15.4 Å². The van der Waals surface area contributed by atoms with E-state index in [9.17, 15) is 4.79 Å². The molecule has 2 aromatic carbocycles. The fraction of sp³-hybridized carbons (Fsp3) is 0.316. The molecular formula is C19H24N2O2. The third-order valence-electron chi connectivity index (χ3n) is 3.85. The maximum absolute atomic E-state index is 12.2. The molecule has 0 bridgehead atoms.